The molecule has 1 heterocycles. The molecule has 0 aliphatic rings. The molecule has 2 nitrogen and oxygen atoms in total. The fourth-order valence-corrected chi connectivity index (χ4v) is 0.698. The lowest BCUT2D eigenvalue weighted by atomic mass is 10.5. The first-order valence-electron chi connectivity index (χ1n) is 2.91. The van der Waals surface area contributed by atoms with Gasteiger partial charge in [0.1, 0.15) is 0 Å². The largest absolute Gasteiger partial charge is 0.353 e. The zero-order valence-electron chi connectivity index (χ0n) is 5.12. The number of nitrogens with zero attached hydrogens (tertiary/aromatic N) is 2. The van der Waals surface area contributed by atoms with Gasteiger partial charge in [-0.3, -0.25) is 0 Å². The van der Waals surface area contributed by atoms with Crippen LogP contribution in [0.4, 0.5) is 0 Å². The fraction of sp³-hybridized carbons (Fsp3) is 0.286. The summed E-state index contributed by atoms with van der Waals surface area (Å²) in [6.07, 6.45) is 4.50. The van der Waals surface area contributed by atoms with Crippen molar-refractivity contribution in [3.8, 4) is 6.07 Å². The Hall–Kier alpha value is -1.23. The number of nitriles is 1. The maximum Gasteiger partial charge on any atom is 0.0640 e. The molecule has 1 rings (SSSR count). The number of aryl methyl sites for hydroxylation is 1. The summed E-state index contributed by atoms with van der Waals surface area (Å²) in [6.45, 7) is 0.809. The molecule has 0 fully saturated rings. The first-order valence-corrected chi connectivity index (χ1v) is 2.91. The van der Waals surface area contributed by atoms with E-state index in [0.29, 0.717) is 6.42 Å². The third-order valence-corrected chi connectivity index (χ3v) is 1.15. The molecule has 0 aliphatic carbocycles. The van der Waals surface area contributed by atoms with E-state index in [0.717, 1.165) is 6.54 Å². The Labute approximate surface area is 54.3 Å². The molecule has 0 atom stereocenters. The first-order chi connectivity index (χ1) is 4.43. The van der Waals surface area contributed by atoms with Crippen molar-refractivity contribution in [2.45, 2.75) is 13.0 Å². The molecule has 0 spiro atoms. The number of hydrogen-bond donors (Lipinski definition) is 0. The van der Waals surface area contributed by atoms with Gasteiger partial charge in [-0.05, 0) is 12.1 Å². The van der Waals surface area contributed by atoms with Gasteiger partial charge in [0.2, 0.25) is 0 Å². The van der Waals surface area contributed by atoms with Crippen molar-refractivity contribution in [3.05, 3.63) is 24.5 Å². The van der Waals surface area contributed by atoms with Gasteiger partial charge in [0.25, 0.3) is 0 Å². The van der Waals surface area contributed by atoms with Gasteiger partial charge in [-0.1, -0.05) is 0 Å². The summed E-state index contributed by atoms with van der Waals surface area (Å²) in [5.41, 5.74) is 0. The molecule has 9 heavy (non-hydrogen) atoms. The molecule has 0 N–H and O–H groups in total. The van der Waals surface area contributed by atoms with Crippen LogP contribution in [0.3, 0.4) is 0 Å². The van der Waals surface area contributed by atoms with Gasteiger partial charge in [0, 0.05) is 18.9 Å². The quantitative estimate of drug-likeness (QED) is 0.580. The summed E-state index contributed by atoms with van der Waals surface area (Å²) < 4.78 is 1.99. The number of aromatic nitrogens is 1. The zero-order chi connectivity index (χ0) is 6.53. The second-order valence-corrected chi connectivity index (χ2v) is 1.83. The van der Waals surface area contributed by atoms with E-state index in [2.05, 4.69) is 6.07 Å². The topological polar surface area (TPSA) is 28.7 Å². The Morgan fingerprint density at radius 3 is 2.56 bits per heavy atom. The Morgan fingerprint density at radius 2 is 2.00 bits per heavy atom. The SMILES string of the molecule is N#CCCn1cccc1. The van der Waals surface area contributed by atoms with E-state index < -0.39 is 0 Å². The van der Waals surface area contributed by atoms with Crippen molar-refractivity contribution >= 4 is 0 Å². The summed E-state index contributed by atoms with van der Waals surface area (Å²) in [5, 5.41) is 8.20. The van der Waals surface area contributed by atoms with E-state index in [4.69, 9.17) is 5.26 Å². The predicted molar refractivity (Wildman–Crippen MR) is 34.7 cm³/mol. The van der Waals surface area contributed by atoms with Crippen molar-refractivity contribution in [2.24, 2.45) is 0 Å². The van der Waals surface area contributed by atoms with Crippen LogP contribution in [0.5, 0.6) is 0 Å². The molecule has 2 heteroatoms. The highest BCUT2D eigenvalue weighted by atomic mass is 14.9. The average molecular weight is 120 g/mol. The number of hydrogen-bond acceptors (Lipinski definition) is 1. The van der Waals surface area contributed by atoms with Crippen LogP contribution in [0.2, 0.25) is 0 Å². The summed E-state index contributed by atoms with van der Waals surface area (Å²) in [4.78, 5) is 0. The Kier molecular flexibility index (Phi) is 1.92. The van der Waals surface area contributed by atoms with Crippen LogP contribution in [-0.2, 0) is 6.54 Å². The van der Waals surface area contributed by atoms with E-state index in [-0.39, 0.29) is 0 Å². The van der Waals surface area contributed by atoms with Crippen LogP contribution < -0.4 is 0 Å². The molecule has 1 aromatic rings. The van der Waals surface area contributed by atoms with E-state index in [1.54, 1.807) is 0 Å². The van der Waals surface area contributed by atoms with Crippen molar-refractivity contribution in [1.29, 1.82) is 5.26 Å². The number of rotatable bonds is 2. The molecule has 0 amide bonds. The molecule has 0 radical (unpaired) electrons. The highest BCUT2D eigenvalue weighted by molar-refractivity contribution is 4.90. The predicted octanol–water partition coefficient (Wildman–Crippen LogP) is 1.40. The van der Waals surface area contributed by atoms with E-state index >= 15 is 0 Å². The smallest absolute Gasteiger partial charge is 0.0640 e. The first kappa shape index (κ1) is 5.90. The highest BCUT2D eigenvalue weighted by Crippen LogP contribution is 1.90. The van der Waals surface area contributed by atoms with E-state index in [1.807, 2.05) is 29.1 Å². The van der Waals surface area contributed by atoms with Gasteiger partial charge in [-0.25, -0.2) is 0 Å². The minimum atomic E-state index is 0.592. The van der Waals surface area contributed by atoms with Gasteiger partial charge in [0.05, 0.1) is 12.5 Å². The van der Waals surface area contributed by atoms with Crippen LogP contribution in [0, 0.1) is 11.3 Å². The van der Waals surface area contributed by atoms with Crippen LogP contribution in [0.15, 0.2) is 24.5 Å². The van der Waals surface area contributed by atoms with Crippen molar-refractivity contribution in [1.82, 2.24) is 4.57 Å². The molecule has 0 saturated heterocycles. The lowest BCUT2D eigenvalue weighted by Gasteiger charge is -1.93. The summed E-state index contributed by atoms with van der Waals surface area (Å²) in [5.74, 6) is 0. The summed E-state index contributed by atoms with van der Waals surface area (Å²) in [6, 6.07) is 6.00. The molecule has 0 unspecified atom stereocenters. The monoisotopic (exact) mass is 120 g/mol. The maximum absolute atomic E-state index is 8.20. The molecule has 0 aliphatic heterocycles. The van der Waals surface area contributed by atoms with Gasteiger partial charge in [-0.15, -0.1) is 0 Å². The van der Waals surface area contributed by atoms with Gasteiger partial charge < -0.3 is 4.57 Å². The Morgan fingerprint density at radius 1 is 1.33 bits per heavy atom. The Balaban J connectivity index is 2.41. The second kappa shape index (κ2) is 2.93. The van der Waals surface area contributed by atoms with Crippen molar-refractivity contribution < 1.29 is 0 Å². The minimum absolute atomic E-state index is 0.592. The molecule has 46 valence electrons. The van der Waals surface area contributed by atoms with Gasteiger partial charge >= 0.3 is 0 Å². The summed E-state index contributed by atoms with van der Waals surface area (Å²) in [7, 11) is 0. The normalized spacial score (nSPS) is 8.78. The van der Waals surface area contributed by atoms with E-state index in [1.165, 1.54) is 0 Å². The van der Waals surface area contributed by atoms with Gasteiger partial charge in [0.15, 0.2) is 0 Å². The highest BCUT2D eigenvalue weighted by Gasteiger charge is 1.84. The molecule has 0 aromatic carbocycles. The third-order valence-electron chi connectivity index (χ3n) is 1.15. The maximum atomic E-state index is 8.20. The standard InChI is InChI=1S/C7H8N2/c8-4-3-7-9-5-1-2-6-9/h1-2,5-6H,3,7H2. The summed E-state index contributed by atoms with van der Waals surface area (Å²) >= 11 is 0. The Bertz CT molecular complexity index is 193. The molecule has 1 aromatic heterocycles. The lowest BCUT2D eigenvalue weighted by Crippen LogP contribution is -1.90. The molecular weight excluding hydrogens is 112 g/mol. The fourth-order valence-electron chi connectivity index (χ4n) is 0.698. The minimum Gasteiger partial charge on any atom is -0.353 e. The van der Waals surface area contributed by atoms with Crippen LogP contribution in [0.25, 0.3) is 0 Å². The second-order valence-electron chi connectivity index (χ2n) is 1.83. The van der Waals surface area contributed by atoms with E-state index in [9.17, 15) is 0 Å². The van der Waals surface area contributed by atoms with Crippen LogP contribution >= 0.6 is 0 Å². The van der Waals surface area contributed by atoms with Gasteiger partial charge in [-0.2, -0.15) is 5.26 Å². The third kappa shape index (κ3) is 1.61. The van der Waals surface area contributed by atoms with Crippen LogP contribution in [-0.4, -0.2) is 4.57 Å². The van der Waals surface area contributed by atoms with Crippen molar-refractivity contribution in [2.75, 3.05) is 0 Å². The lowest BCUT2D eigenvalue weighted by molar-refractivity contribution is 0.721. The zero-order valence-corrected chi connectivity index (χ0v) is 5.12. The average Bonchev–Trinajstić information content (AvgIpc) is 2.34. The van der Waals surface area contributed by atoms with Crippen LogP contribution in [0.1, 0.15) is 6.42 Å². The molecule has 0 bridgehead atoms. The molecule has 0 saturated carbocycles. The molecular formula is C7H8N2. The van der Waals surface area contributed by atoms with Crippen molar-refractivity contribution in [3.63, 3.8) is 0 Å².